The van der Waals surface area contributed by atoms with E-state index in [-0.39, 0.29) is 5.69 Å². The molecule has 2 aromatic rings. The Morgan fingerprint density at radius 2 is 2.21 bits per heavy atom. The predicted molar refractivity (Wildman–Crippen MR) is 65.1 cm³/mol. The summed E-state index contributed by atoms with van der Waals surface area (Å²) in [6, 6.07) is 2.51. The summed E-state index contributed by atoms with van der Waals surface area (Å²) in [5.74, 6) is -2.79. The Kier molecular flexibility index (Phi) is 3.57. The number of aryl methyl sites for hydroxylation is 1. The van der Waals surface area contributed by atoms with Gasteiger partial charge < -0.3 is 11.1 Å². The lowest BCUT2D eigenvalue weighted by molar-refractivity contribution is -0.117. The van der Waals surface area contributed by atoms with E-state index in [0.29, 0.717) is 5.56 Å². The molecule has 0 radical (unpaired) electrons. The Morgan fingerprint density at radius 3 is 2.84 bits per heavy atom. The standard InChI is InChI=1S/C12H12F2N4O/c1-18-6-7(5-16-18)11(15)12(19)17-9-4-2-3-8(13)10(9)14/h2-6,11H,15H2,1H3,(H,17,19). The summed E-state index contributed by atoms with van der Waals surface area (Å²) >= 11 is 0. The Morgan fingerprint density at radius 1 is 1.47 bits per heavy atom. The average molecular weight is 266 g/mol. The minimum absolute atomic E-state index is 0.246. The fourth-order valence-corrected chi connectivity index (χ4v) is 1.56. The molecule has 0 aliphatic rings. The van der Waals surface area contributed by atoms with Crippen molar-refractivity contribution in [2.75, 3.05) is 5.32 Å². The molecule has 19 heavy (non-hydrogen) atoms. The van der Waals surface area contributed by atoms with E-state index in [1.807, 2.05) is 0 Å². The molecule has 0 fully saturated rings. The molecule has 1 amide bonds. The van der Waals surface area contributed by atoms with Crippen molar-refractivity contribution in [1.29, 1.82) is 0 Å². The first-order chi connectivity index (χ1) is 8.99. The van der Waals surface area contributed by atoms with Gasteiger partial charge in [-0.3, -0.25) is 9.48 Å². The number of amides is 1. The molecule has 0 spiro atoms. The van der Waals surface area contributed by atoms with Crippen LogP contribution in [-0.4, -0.2) is 15.7 Å². The molecule has 5 nitrogen and oxygen atoms in total. The fraction of sp³-hybridized carbons (Fsp3) is 0.167. The molecule has 1 aromatic heterocycles. The number of rotatable bonds is 3. The van der Waals surface area contributed by atoms with Gasteiger partial charge in [-0.25, -0.2) is 8.78 Å². The molecule has 0 aliphatic carbocycles. The van der Waals surface area contributed by atoms with Crippen LogP contribution in [0.1, 0.15) is 11.6 Å². The summed E-state index contributed by atoms with van der Waals surface area (Å²) in [7, 11) is 1.68. The molecule has 0 saturated heterocycles. The van der Waals surface area contributed by atoms with Crippen molar-refractivity contribution in [3.05, 3.63) is 47.8 Å². The second-order valence-corrected chi connectivity index (χ2v) is 4.02. The van der Waals surface area contributed by atoms with Gasteiger partial charge in [-0.1, -0.05) is 6.07 Å². The molecule has 1 unspecified atom stereocenters. The van der Waals surface area contributed by atoms with Gasteiger partial charge in [0.25, 0.3) is 0 Å². The van der Waals surface area contributed by atoms with Crippen LogP contribution >= 0.6 is 0 Å². The molecule has 0 bridgehead atoms. The Hall–Kier alpha value is -2.28. The quantitative estimate of drug-likeness (QED) is 0.880. The highest BCUT2D eigenvalue weighted by molar-refractivity contribution is 5.95. The third-order valence-corrected chi connectivity index (χ3v) is 2.58. The van der Waals surface area contributed by atoms with E-state index >= 15 is 0 Å². The van der Waals surface area contributed by atoms with Crippen LogP contribution in [0.15, 0.2) is 30.6 Å². The van der Waals surface area contributed by atoms with Gasteiger partial charge in [-0.2, -0.15) is 5.10 Å². The lowest BCUT2D eigenvalue weighted by Gasteiger charge is -2.11. The zero-order chi connectivity index (χ0) is 14.0. The Balaban J connectivity index is 2.15. The van der Waals surface area contributed by atoms with Crippen LogP contribution in [-0.2, 0) is 11.8 Å². The van der Waals surface area contributed by atoms with Crippen molar-refractivity contribution in [3.63, 3.8) is 0 Å². The number of anilines is 1. The summed E-state index contributed by atoms with van der Waals surface area (Å²) in [5.41, 5.74) is 5.94. The summed E-state index contributed by atoms with van der Waals surface area (Å²) in [6.07, 6.45) is 3.01. The monoisotopic (exact) mass is 266 g/mol. The Labute approximate surface area is 108 Å². The maximum absolute atomic E-state index is 13.4. The third kappa shape index (κ3) is 2.76. The van der Waals surface area contributed by atoms with E-state index in [9.17, 15) is 13.6 Å². The third-order valence-electron chi connectivity index (χ3n) is 2.58. The topological polar surface area (TPSA) is 72.9 Å². The van der Waals surface area contributed by atoms with E-state index in [2.05, 4.69) is 10.4 Å². The molecule has 2 rings (SSSR count). The van der Waals surface area contributed by atoms with E-state index in [1.165, 1.54) is 23.0 Å². The number of benzene rings is 1. The maximum Gasteiger partial charge on any atom is 0.246 e. The number of hydrogen-bond acceptors (Lipinski definition) is 3. The van der Waals surface area contributed by atoms with Gasteiger partial charge in [0.15, 0.2) is 11.6 Å². The number of halogens is 2. The number of nitrogens with two attached hydrogens (primary N) is 1. The molecular formula is C12H12F2N4O. The average Bonchev–Trinajstić information content (AvgIpc) is 2.80. The smallest absolute Gasteiger partial charge is 0.246 e. The fourth-order valence-electron chi connectivity index (χ4n) is 1.56. The lowest BCUT2D eigenvalue weighted by Crippen LogP contribution is -2.27. The summed E-state index contributed by atoms with van der Waals surface area (Å²) < 4.78 is 27.9. The van der Waals surface area contributed by atoms with E-state index < -0.39 is 23.6 Å². The summed E-state index contributed by atoms with van der Waals surface area (Å²) in [6.45, 7) is 0. The van der Waals surface area contributed by atoms with E-state index in [4.69, 9.17) is 5.73 Å². The van der Waals surface area contributed by atoms with Gasteiger partial charge in [-0.15, -0.1) is 0 Å². The number of hydrogen-bond donors (Lipinski definition) is 2. The number of nitrogens with one attached hydrogen (secondary N) is 1. The number of aromatic nitrogens is 2. The van der Waals surface area contributed by atoms with Crippen LogP contribution in [0.2, 0.25) is 0 Å². The van der Waals surface area contributed by atoms with Gasteiger partial charge >= 0.3 is 0 Å². The summed E-state index contributed by atoms with van der Waals surface area (Å²) in [4.78, 5) is 11.8. The second-order valence-electron chi connectivity index (χ2n) is 4.02. The van der Waals surface area contributed by atoms with Crippen LogP contribution in [0, 0.1) is 11.6 Å². The van der Waals surface area contributed by atoms with Crippen molar-refractivity contribution in [1.82, 2.24) is 9.78 Å². The van der Waals surface area contributed by atoms with Gasteiger partial charge in [-0.05, 0) is 12.1 Å². The van der Waals surface area contributed by atoms with Gasteiger partial charge in [0.1, 0.15) is 6.04 Å². The highest BCUT2D eigenvalue weighted by atomic mass is 19.2. The van der Waals surface area contributed by atoms with E-state index in [0.717, 1.165) is 6.07 Å². The minimum atomic E-state index is -1.12. The van der Waals surface area contributed by atoms with Crippen LogP contribution in [0.5, 0.6) is 0 Å². The van der Waals surface area contributed by atoms with E-state index in [1.54, 1.807) is 13.2 Å². The van der Waals surface area contributed by atoms with Crippen LogP contribution < -0.4 is 11.1 Å². The zero-order valence-corrected chi connectivity index (χ0v) is 10.1. The van der Waals surface area contributed by atoms with Gasteiger partial charge in [0.2, 0.25) is 5.91 Å². The van der Waals surface area contributed by atoms with Crippen LogP contribution in [0.25, 0.3) is 0 Å². The molecule has 7 heteroatoms. The SMILES string of the molecule is Cn1cc(C(N)C(=O)Nc2cccc(F)c2F)cn1. The number of nitrogens with zero attached hydrogens (tertiary/aromatic N) is 2. The first-order valence-corrected chi connectivity index (χ1v) is 5.48. The molecule has 0 saturated carbocycles. The number of carbonyl (C=O) groups is 1. The first kappa shape index (κ1) is 13.2. The molecule has 1 atom stereocenters. The molecular weight excluding hydrogens is 254 g/mol. The van der Waals surface area contributed by atoms with Gasteiger partial charge in [0, 0.05) is 18.8 Å². The van der Waals surface area contributed by atoms with Crippen molar-refractivity contribution in [3.8, 4) is 0 Å². The molecule has 1 heterocycles. The van der Waals surface area contributed by atoms with Crippen LogP contribution in [0.3, 0.4) is 0 Å². The zero-order valence-electron chi connectivity index (χ0n) is 10.1. The lowest BCUT2D eigenvalue weighted by atomic mass is 10.1. The second kappa shape index (κ2) is 5.15. The first-order valence-electron chi connectivity index (χ1n) is 5.48. The minimum Gasteiger partial charge on any atom is -0.322 e. The van der Waals surface area contributed by atoms with Crippen molar-refractivity contribution in [2.45, 2.75) is 6.04 Å². The highest BCUT2D eigenvalue weighted by Gasteiger charge is 2.19. The summed E-state index contributed by atoms with van der Waals surface area (Å²) in [5, 5.41) is 6.12. The van der Waals surface area contributed by atoms with Crippen molar-refractivity contribution in [2.24, 2.45) is 12.8 Å². The maximum atomic E-state index is 13.4. The molecule has 1 aromatic carbocycles. The molecule has 100 valence electrons. The Bertz CT molecular complexity index is 612. The van der Waals surface area contributed by atoms with Crippen molar-refractivity contribution >= 4 is 11.6 Å². The van der Waals surface area contributed by atoms with Gasteiger partial charge in [0.05, 0.1) is 11.9 Å². The molecule has 3 N–H and O–H groups in total. The van der Waals surface area contributed by atoms with Crippen LogP contribution in [0.4, 0.5) is 14.5 Å². The predicted octanol–water partition coefficient (Wildman–Crippen LogP) is 1.34. The molecule has 0 aliphatic heterocycles. The highest BCUT2D eigenvalue weighted by Crippen LogP contribution is 2.18. The largest absolute Gasteiger partial charge is 0.322 e. The normalized spacial score (nSPS) is 12.2. The number of carbonyl (C=O) groups excluding carboxylic acids is 1. The van der Waals surface area contributed by atoms with Crippen molar-refractivity contribution < 1.29 is 13.6 Å².